The van der Waals surface area contributed by atoms with Crippen LogP contribution in [-0.2, 0) is 15.2 Å². The van der Waals surface area contributed by atoms with Crippen LogP contribution in [-0.4, -0.2) is 16.9 Å². The van der Waals surface area contributed by atoms with Crippen molar-refractivity contribution in [3.63, 3.8) is 0 Å². The smallest absolute Gasteiger partial charge is 0.262 e. The van der Waals surface area contributed by atoms with Crippen LogP contribution in [0, 0.1) is 6.92 Å². The van der Waals surface area contributed by atoms with Crippen molar-refractivity contribution in [2.45, 2.75) is 18.4 Å². The summed E-state index contributed by atoms with van der Waals surface area (Å²) in [7, 11) is 0. The van der Waals surface area contributed by atoms with Gasteiger partial charge in [0, 0.05) is 21.4 Å². The van der Waals surface area contributed by atoms with E-state index in [0.29, 0.717) is 22.5 Å². The van der Waals surface area contributed by atoms with Gasteiger partial charge in [-0.2, -0.15) is 0 Å². The van der Waals surface area contributed by atoms with Crippen molar-refractivity contribution in [1.82, 2.24) is 0 Å². The molecule has 2 aromatic rings. The second kappa shape index (κ2) is 4.66. The van der Waals surface area contributed by atoms with Crippen LogP contribution < -0.4 is 10.6 Å². The van der Waals surface area contributed by atoms with Crippen LogP contribution in [0.3, 0.4) is 0 Å². The van der Waals surface area contributed by atoms with Crippen molar-refractivity contribution in [3.8, 4) is 0 Å². The molecule has 6 heteroatoms. The van der Waals surface area contributed by atoms with Crippen LogP contribution in [0.25, 0.3) is 0 Å². The van der Waals surface area contributed by atoms with Gasteiger partial charge < -0.3 is 15.7 Å². The first kappa shape index (κ1) is 14.4. The first-order valence-electron chi connectivity index (χ1n) is 7.16. The largest absolute Gasteiger partial charge is 0.374 e. The number of hydrogen-bond acceptors (Lipinski definition) is 3. The number of halogens is 1. The molecule has 0 radical (unpaired) electrons. The molecule has 2 aliphatic rings. The lowest BCUT2D eigenvalue weighted by Crippen LogP contribution is -2.43. The van der Waals surface area contributed by atoms with Crippen molar-refractivity contribution in [2.24, 2.45) is 0 Å². The molecule has 0 aliphatic carbocycles. The topological polar surface area (TPSA) is 78.4 Å². The highest BCUT2D eigenvalue weighted by Gasteiger charge is 2.57. The molecule has 0 saturated heterocycles. The standard InChI is InChI=1S/C17H13BrN2O3/c1-8-2-4-13-11(6-8)17(23,16(22)20-13)14-10-7-9(18)3-5-12(10)19-15(14)21/h2-7,14,23H,1H3,(H,19,21)(H,20,22)/t14-,17-/m0/s1. The maximum Gasteiger partial charge on any atom is 0.262 e. The van der Waals surface area contributed by atoms with Crippen molar-refractivity contribution in [3.05, 3.63) is 57.6 Å². The van der Waals surface area contributed by atoms with E-state index in [9.17, 15) is 14.7 Å². The zero-order chi connectivity index (χ0) is 16.4. The molecular weight excluding hydrogens is 360 g/mol. The van der Waals surface area contributed by atoms with E-state index in [4.69, 9.17) is 0 Å². The summed E-state index contributed by atoms with van der Waals surface area (Å²) in [6, 6.07) is 10.7. The highest BCUT2D eigenvalue weighted by atomic mass is 79.9. The fourth-order valence-electron chi connectivity index (χ4n) is 3.36. The summed E-state index contributed by atoms with van der Waals surface area (Å²) in [6.45, 7) is 1.88. The number of carbonyl (C=O) groups excluding carboxylic acids is 2. The normalized spacial score (nSPS) is 24.9. The van der Waals surface area contributed by atoms with E-state index in [1.165, 1.54) is 0 Å². The van der Waals surface area contributed by atoms with Gasteiger partial charge in [-0.3, -0.25) is 9.59 Å². The number of aryl methyl sites for hydroxylation is 1. The highest BCUT2D eigenvalue weighted by molar-refractivity contribution is 9.10. The molecule has 2 aliphatic heterocycles. The van der Waals surface area contributed by atoms with Crippen molar-refractivity contribution >= 4 is 39.1 Å². The summed E-state index contributed by atoms with van der Waals surface area (Å²) in [5.74, 6) is -1.95. The van der Waals surface area contributed by atoms with Gasteiger partial charge in [-0.05, 0) is 36.8 Å². The SMILES string of the molecule is Cc1ccc2c(c1)[C@](O)([C@@H]1C(=O)Nc3ccc(Br)cc31)C(=O)N2. The maximum atomic E-state index is 12.5. The maximum absolute atomic E-state index is 12.5. The van der Waals surface area contributed by atoms with E-state index in [-0.39, 0.29) is 5.91 Å². The van der Waals surface area contributed by atoms with Gasteiger partial charge in [-0.15, -0.1) is 0 Å². The van der Waals surface area contributed by atoms with E-state index in [1.54, 1.807) is 30.3 Å². The lowest BCUT2D eigenvalue weighted by Gasteiger charge is -2.27. The van der Waals surface area contributed by atoms with Gasteiger partial charge in [-0.25, -0.2) is 0 Å². The first-order valence-corrected chi connectivity index (χ1v) is 7.96. The number of amides is 2. The lowest BCUT2D eigenvalue weighted by atomic mass is 9.78. The van der Waals surface area contributed by atoms with Gasteiger partial charge in [0.1, 0.15) is 5.92 Å². The van der Waals surface area contributed by atoms with E-state index in [2.05, 4.69) is 26.6 Å². The molecule has 2 heterocycles. The molecule has 3 N–H and O–H groups in total. The monoisotopic (exact) mass is 372 g/mol. The number of anilines is 2. The molecule has 4 rings (SSSR count). The summed E-state index contributed by atoms with van der Waals surface area (Å²) < 4.78 is 0.782. The number of rotatable bonds is 1. The molecule has 0 spiro atoms. The molecule has 2 aromatic carbocycles. The first-order chi connectivity index (χ1) is 10.9. The van der Waals surface area contributed by atoms with Gasteiger partial charge in [0.05, 0.1) is 0 Å². The Labute approximate surface area is 140 Å². The molecule has 2 amide bonds. The average Bonchev–Trinajstić information content (AvgIpc) is 2.95. The second-order valence-electron chi connectivity index (χ2n) is 5.92. The Morgan fingerprint density at radius 2 is 1.83 bits per heavy atom. The minimum atomic E-state index is -1.92. The summed E-state index contributed by atoms with van der Waals surface area (Å²) in [6.07, 6.45) is 0. The molecule has 0 aromatic heterocycles. The molecule has 5 nitrogen and oxygen atoms in total. The third-order valence-corrected chi connectivity index (χ3v) is 4.94. The summed E-state index contributed by atoms with van der Waals surface area (Å²) >= 11 is 3.38. The van der Waals surface area contributed by atoms with Crippen LogP contribution in [0.4, 0.5) is 11.4 Å². The summed E-state index contributed by atoms with van der Waals surface area (Å²) in [5, 5.41) is 16.7. The third-order valence-electron chi connectivity index (χ3n) is 4.44. The summed E-state index contributed by atoms with van der Waals surface area (Å²) in [5.41, 5.74) is 1.19. The van der Waals surface area contributed by atoms with Crippen molar-refractivity contribution in [1.29, 1.82) is 0 Å². The Morgan fingerprint density at radius 3 is 2.61 bits per heavy atom. The predicted molar refractivity (Wildman–Crippen MR) is 89.2 cm³/mol. The van der Waals surface area contributed by atoms with Crippen molar-refractivity contribution < 1.29 is 14.7 Å². The Bertz CT molecular complexity index is 880. The number of benzene rings is 2. The fraction of sp³-hybridized carbons (Fsp3) is 0.176. The number of carbonyl (C=O) groups is 2. The van der Waals surface area contributed by atoms with E-state index >= 15 is 0 Å². The van der Waals surface area contributed by atoms with Gasteiger partial charge >= 0.3 is 0 Å². The van der Waals surface area contributed by atoms with Gasteiger partial charge in [0.2, 0.25) is 5.91 Å². The van der Waals surface area contributed by atoms with Gasteiger partial charge in [0.25, 0.3) is 5.91 Å². The number of aliphatic hydroxyl groups is 1. The van der Waals surface area contributed by atoms with Crippen LogP contribution in [0.1, 0.15) is 22.6 Å². The zero-order valence-electron chi connectivity index (χ0n) is 12.2. The number of hydrogen-bond donors (Lipinski definition) is 3. The molecule has 23 heavy (non-hydrogen) atoms. The van der Waals surface area contributed by atoms with Crippen LogP contribution in [0.2, 0.25) is 0 Å². The van der Waals surface area contributed by atoms with Crippen LogP contribution in [0.5, 0.6) is 0 Å². The Morgan fingerprint density at radius 1 is 1.09 bits per heavy atom. The van der Waals surface area contributed by atoms with Crippen molar-refractivity contribution in [2.75, 3.05) is 10.6 Å². The van der Waals surface area contributed by atoms with Gasteiger partial charge in [0.15, 0.2) is 5.60 Å². The Hall–Kier alpha value is -2.18. The predicted octanol–water partition coefficient (Wildman–Crippen LogP) is 2.63. The zero-order valence-corrected chi connectivity index (χ0v) is 13.8. The van der Waals surface area contributed by atoms with Crippen LogP contribution >= 0.6 is 15.9 Å². The van der Waals surface area contributed by atoms with E-state index < -0.39 is 17.4 Å². The van der Waals surface area contributed by atoms with E-state index in [1.807, 2.05) is 13.0 Å². The second-order valence-corrected chi connectivity index (χ2v) is 6.84. The molecular formula is C17H13BrN2O3. The third kappa shape index (κ3) is 1.88. The van der Waals surface area contributed by atoms with Gasteiger partial charge in [-0.1, -0.05) is 33.6 Å². The minimum Gasteiger partial charge on any atom is -0.374 e. The fourth-order valence-corrected chi connectivity index (χ4v) is 3.73. The molecule has 0 saturated carbocycles. The summed E-state index contributed by atoms with van der Waals surface area (Å²) in [4.78, 5) is 25.0. The minimum absolute atomic E-state index is 0.384. The number of nitrogens with one attached hydrogen (secondary N) is 2. The van der Waals surface area contributed by atoms with Crippen LogP contribution in [0.15, 0.2) is 40.9 Å². The lowest BCUT2D eigenvalue weighted by molar-refractivity contribution is -0.141. The molecule has 0 fully saturated rings. The quantitative estimate of drug-likeness (QED) is 0.719. The molecule has 116 valence electrons. The average molecular weight is 373 g/mol. The Kier molecular flexibility index (Phi) is 2.92. The Balaban J connectivity index is 1.95. The molecule has 0 unspecified atom stereocenters. The van der Waals surface area contributed by atoms with E-state index in [0.717, 1.165) is 10.0 Å². The molecule has 2 atom stereocenters. The number of fused-ring (bicyclic) bond motifs is 2. The highest BCUT2D eigenvalue weighted by Crippen LogP contribution is 2.50. The molecule has 0 bridgehead atoms.